The first-order chi connectivity index (χ1) is 9.79. The largest absolute Gasteiger partial charge is 0.486 e. The molecule has 0 atom stereocenters. The molecule has 1 fully saturated rings. The fraction of sp³-hybridized carbons (Fsp3) is 0.533. The van der Waals surface area contributed by atoms with Crippen molar-refractivity contribution in [3.63, 3.8) is 0 Å². The molecule has 5 nitrogen and oxygen atoms in total. The summed E-state index contributed by atoms with van der Waals surface area (Å²) in [6, 6.07) is 6.03. The first-order valence-electron chi connectivity index (χ1n) is 7.14. The van der Waals surface area contributed by atoms with Crippen LogP contribution in [0.15, 0.2) is 18.2 Å². The van der Waals surface area contributed by atoms with Gasteiger partial charge in [0.2, 0.25) is 0 Å². The fourth-order valence-corrected chi connectivity index (χ4v) is 2.78. The zero-order valence-corrected chi connectivity index (χ0v) is 11.7. The van der Waals surface area contributed by atoms with Crippen molar-refractivity contribution in [3.05, 3.63) is 23.8 Å². The number of carbonyl (C=O) groups is 1. The number of ether oxygens (including phenoxy) is 2. The molecule has 2 aliphatic rings. The van der Waals surface area contributed by atoms with Crippen LogP contribution in [-0.2, 0) is 0 Å². The molecule has 0 spiro atoms. The van der Waals surface area contributed by atoms with Crippen LogP contribution in [0.3, 0.4) is 0 Å². The zero-order chi connectivity index (χ0) is 13.9. The number of piperidine rings is 1. The minimum atomic E-state index is 0.0434. The number of amides is 1. The Kier molecular flexibility index (Phi) is 3.78. The van der Waals surface area contributed by atoms with Crippen LogP contribution in [0, 0.1) is 0 Å². The second-order valence-corrected chi connectivity index (χ2v) is 5.18. The van der Waals surface area contributed by atoms with E-state index in [-0.39, 0.29) is 5.91 Å². The number of hydrogen-bond donors (Lipinski definition) is 1. The monoisotopic (exact) mass is 276 g/mol. The van der Waals surface area contributed by atoms with Crippen molar-refractivity contribution in [1.29, 1.82) is 0 Å². The highest BCUT2D eigenvalue weighted by Crippen LogP contribution is 2.34. The number of rotatable bonds is 2. The third-order valence-corrected chi connectivity index (χ3v) is 3.99. The van der Waals surface area contributed by atoms with Crippen LogP contribution in [0.5, 0.6) is 11.5 Å². The Bertz CT molecular complexity index is 496. The minimum absolute atomic E-state index is 0.0434. The van der Waals surface area contributed by atoms with Crippen LogP contribution < -0.4 is 14.8 Å². The third-order valence-electron chi connectivity index (χ3n) is 3.99. The van der Waals surface area contributed by atoms with Gasteiger partial charge in [-0.05, 0) is 32.0 Å². The molecule has 3 rings (SSSR count). The summed E-state index contributed by atoms with van der Waals surface area (Å²) in [4.78, 5) is 14.5. The van der Waals surface area contributed by atoms with Gasteiger partial charge in [-0.25, -0.2) is 0 Å². The SMILES string of the molecule is CNC1CCN(C(=O)c2cccc3c2OCCO3)CC1. The molecule has 20 heavy (non-hydrogen) atoms. The van der Waals surface area contributed by atoms with Crippen molar-refractivity contribution in [2.45, 2.75) is 18.9 Å². The highest BCUT2D eigenvalue weighted by atomic mass is 16.6. The van der Waals surface area contributed by atoms with E-state index < -0.39 is 0 Å². The lowest BCUT2D eigenvalue weighted by Crippen LogP contribution is -2.44. The Balaban J connectivity index is 1.78. The smallest absolute Gasteiger partial charge is 0.257 e. The number of benzene rings is 1. The van der Waals surface area contributed by atoms with E-state index >= 15 is 0 Å². The predicted molar refractivity (Wildman–Crippen MR) is 75.4 cm³/mol. The second kappa shape index (κ2) is 5.71. The van der Waals surface area contributed by atoms with Crippen LogP contribution in [0.1, 0.15) is 23.2 Å². The van der Waals surface area contributed by atoms with Crippen molar-refractivity contribution in [2.75, 3.05) is 33.4 Å². The molecule has 0 bridgehead atoms. The standard InChI is InChI=1S/C15H20N2O3/c1-16-11-5-7-17(8-6-11)15(18)12-3-2-4-13-14(12)20-10-9-19-13/h2-4,11,16H,5-10H2,1H3. The summed E-state index contributed by atoms with van der Waals surface area (Å²) < 4.78 is 11.2. The molecule has 1 N–H and O–H groups in total. The van der Waals surface area contributed by atoms with E-state index in [1.165, 1.54) is 0 Å². The molecule has 0 aliphatic carbocycles. The van der Waals surface area contributed by atoms with Crippen molar-refractivity contribution in [1.82, 2.24) is 10.2 Å². The van der Waals surface area contributed by atoms with Crippen molar-refractivity contribution in [2.24, 2.45) is 0 Å². The highest BCUT2D eigenvalue weighted by molar-refractivity contribution is 5.98. The van der Waals surface area contributed by atoms with Crippen LogP contribution in [0.4, 0.5) is 0 Å². The summed E-state index contributed by atoms with van der Waals surface area (Å²) in [5.41, 5.74) is 0.616. The summed E-state index contributed by atoms with van der Waals surface area (Å²) in [5.74, 6) is 1.31. The Morgan fingerprint density at radius 1 is 1.25 bits per heavy atom. The lowest BCUT2D eigenvalue weighted by Gasteiger charge is -2.32. The quantitative estimate of drug-likeness (QED) is 0.884. The molecule has 0 radical (unpaired) electrons. The first-order valence-corrected chi connectivity index (χ1v) is 7.14. The van der Waals surface area contributed by atoms with Crippen LogP contribution in [0.25, 0.3) is 0 Å². The highest BCUT2D eigenvalue weighted by Gasteiger charge is 2.27. The molecule has 5 heteroatoms. The first kappa shape index (κ1) is 13.2. The third kappa shape index (κ3) is 2.45. The van der Waals surface area contributed by atoms with Gasteiger partial charge in [0.25, 0.3) is 5.91 Å². The normalized spacial score (nSPS) is 18.9. The van der Waals surface area contributed by atoms with Crippen molar-refractivity contribution < 1.29 is 14.3 Å². The Morgan fingerprint density at radius 2 is 2.00 bits per heavy atom. The summed E-state index contributed by atoms with van der Waals surface area (Å²) >= 11 is 0. The maximum absolute atomic E-state index is 12.6. The average molecular weight is 276 g/mol. The number of likely N-dealkylation sites (tertiary alicyclic amines) is 1. The van der Waals surface area contributed by atoms with Gasteiger partial charge in [-0.15, -0.1) is 0 Å². The minimum Gasteiger partial charge on any atom is -0.486 e. The molecule has 2 heterocycles. The summed E-state index contributed by atoms with van der Waals surface area (Å²) in [7, 11) is 1.97. The van der Waals surface area contributed by atoms with Gasteiger partial charge < -0.3 is 19.7 Å². The number of carbonyl (C=O) groups excluding carboxylic acids is 1. The summed E-state index contributed by atoms with van der Waals surface area (Å²) in [5, 5.41) is 3.27. The summed E-state index contributed by atoms with van der Waals surface area (Å²) in [6.07, 6.45) is 1.99. The van der Waals surface area contributed by atoms with Crippen molar-refractivity contribution >= 4 is 5.91 Å². The molecule has 1 amide bonds. The number of hydrogen-bond acceptors (Lipinski definition) is 4. The molecule has 1 aromatic carbocycles. The Labute approximate surface area is 118 Å². The van der Waals surface area contributed by atoms with E-state index in [9.17, 15) is 4.79 Å². The fourth-order valence-electron chi connectivity index (χ4n) is 2.78. The number of fused-ring (bicyclic) bond motifs is 1. The molecule has 2 aliphatic heterocycles. The van der Waals surface area contributed by atoms with Crippen molar-refractivity contribution in [3.8, 4) is 11.5 Å². The maximum atomic E-state index is 12.6. The molecule has 0 unspecified atom stereocenters. The van der Waals surface area contributed by atoms with Gasteiger partial charge in [-0.1, -0.05) is 6.07 Å². The van der Waals surface area contributed by atoms with Gasteiger partial charge in [0.1, 0.15) is 13.2 Å². The Hall–Kier alpha value is -1.75. The lowest BCUT2D eigenvalue weighted by atomic mass is 10.0. The van der Waals surface area contributed by atoms with Gasteiger partial charge in [0, 0.05) is 19.1 Å². The molecule has 0 aromatic heterocycles. The van der Waals surface area contributed by atoms with Crippen LogP contribution >= 0.6 is 0 Å². The molecule has 108 valence electrons. The molecule has 0 saturated carbocycles. The van der Waals surface area contributed by atoms with Gasteiger partial charge in [-0.3, -0.25) is 4.79 Å². The van der Waals surface area contributed by atoms with E-state index in [1.54, 1.807) is 0 Å². The van der Waals surface area contributed by atoms with Gasteiger partial charge in [0.05, 0.1) is 5.56 Å². The topological polar surface area (TPSA) is 50.8 Å². The van der Waals surface area contributed by atoms with Crippen LogP contribution in [-0.4, -0.2) is 50.2 Å². The number of nitrogens with one attached hydrogen (secondary N) is 1. The number of para-hydroxylation sites is 1. The second-order valence-electron chi connectivity index (χ2n) is 5.18. The van der Waals surface area contributed by atoms with Crippen LogP contribution in [0.2, 0.25) is 0 Å². The van der Waals surface area contributed by atoms with E-state index in [0.29, 0.717) is 36.3 Å². The van der Waals surface area contributed by atoms with Gasteiger partial charge >= 0.3 is 0 Å². The van der Waals surface area contributed by atoms with E-state index in [1.807, 2.05) is 30.1 Å². The summed E-state index contributed by atoms with van der Waals surface area (Å²) in [6.45, 7) is 2.61. The maximum Gasteiger partial charge on any atom is 0.257 e. The van der Waals surface area contributed by atoms with Gasteiger partial charge in [0.15, 0.2) is 11.5 Å². The van der Waals surface area contributed by atoms with E-state index in [4.69, 9.17) is 9.47 Å². The molecular weight excluding hydrogens is 256 g/mol. The Morgan fingerprint density at radius 3 is 2.75 bits per heavy atom. The molecular formula is C15H20N2O3. The lowest BCUT2D eigenvalue weighted by molar-refractivity contribution is 0.0697. The predicted octanol–water partition coefficient (Wildman–Crippen LogP) is 1.28. The number of nitrogens with zero attached hydrogens (tertiary/aromatic N) is 1. The zero-order valence-electron chi connectivity index (χ0n) is 11.7. The molecule has 1 aromatic rings. The average Bonchev–Trinajstić information content (AvgIpc) is 2.54. The van der Waals surface area contributed by atoms with E-state index in [0.717, 1.165) is 25.9 Å². The van der Waals surface area contributed by atoms with Gasteiger partial charge in [-0.2, -0.15) is 0 Å². The van der Waals surface area contributed by atoms with E-state index in [2.05, 4.69) is 5.32 Å². The molecule has 1 saturated heterocycles.